The first kappa shape index (κ1) is 16.9. The molecule has 27 heavy (non-hydrogen) atoms. The lowest BCUT2D eigenvalue weighted by atomic mass is 10.0. The molecule has 1 N–H and O–H groups in total. The van der Waals surface area contributed by atoms with E-state index in [0.717, 1.165) is 16.2 Å². The fraction of sp³-hybridized carbons (Fsp3) is 0. The number of nitrogens with zero attached hydrogens (tertiary/aromatic N) is 2. The highest BCUT2D eigenvalue weighted by molar-refractivity contribution is 6.33. The molecular weight excluding hydrogens is 366 g/mol. The number of nitrogens with one attached hydrogen (secondary N) is 1. The molecule has 3 aromatic carbocycles. The van der Waals surface area contributed by atoms with Crippen molar-refractivity contribution in [3.8, 4) is 0 Å². The Labute approximate surface area is 158 Å². The number of aromatic nitrogens is 1. The maximum Gasteiger partial charge on any atom is 0.288 e. The highest BCUT2D eigenvalue weighted by Crippen LogP contribution is 2.30. The van der Waals surface area contributed by atoms with E-state index in [9.17, 15) is 14.9 Å². The average molecular weight is 378 g/mol. The molecule has 132 valence electrons. The lowest BCUT2D eigenvalue weighted by Gasteiger charge is -2.10. The number of fused-ring (bicyclic) bond motifs is 3. The fourth-order valence-corrected chi connectivity index (χ4v) is 3.28. The second-order valence-corrected chi connectivity index (χ2v) is 6.33. The molecule has 6 nitrogen and oxygen atoms in total. The third-order valence-corrected chi connectivity index (χ3v) is 4.56. The van der Waals surface area contributed by atoms with Gasteiger partial charge in [-0.15, -0.1) is 0 Å². The van der Waals surface area contributed by atoms with E-state index >= 15 is 0 Å². The molecule has 0 bridgehead atoms. The van der Waals surface area contributed by atoms with Crippen molar-refractivity contribution in [2.24, 2.45) is 0 Å². The molecule has 1 amide bonds. The molecule has 0 fully saturated rings. The summed E-state index contributed by atoms with van der Waals surface area (Å²) in [6.07, 6.45) is 1.64. The van der Waals surface area contributed by atoms with Crippen LogP contribution >= 0.6 is 11.6 Å². The number of amides is 1. The first-order chi connectivity index (χ1) is 13.0. The van der Waals surface area contributed by atoms with E-state index in [1.54, 1.807) is 12.3 Å². The first-order valence-corrected chi connectivity index (χ1v) is 8.44. The van der Waals surface area contributed by atoms with Gasteiger partial charge in [0.2, 0.25) is 0 Å². The molecule has 0 spiro atoms. The van der Waals surface area contributed by atoms with Gasteiger partial charge in [-0.25, -0.2) is 0 Å². The minimum absolute atomic E-state index is 0.0423. The Hall–Kier alpha value is -3.51. The van der Waals surface area contributed by atoms with Crippen molar-refractivity contribution < 1.29 is 9.72 Å². The number of carbonyl (C=O) groups is 1. The van der Waals surface area contributed by atoms with Crippen molar-refractivity contribution in [1.29, 1.82) is 0 Å². The Morgan fingerprint density at radius 2 is 1.81 bits per heavy atom. The molecular formula is C20H12ClN3O3. The van der Waals surface area contributed by atoms with Gasteiger partial charge in [0.15, 0.2) is 0 Å². The van der Waals surface area contributed by atoms with E-state index in [2.05, 4.69) is 10.3 Å². The van der Waals surface area contributed by atoms with Gasteiger partial charge in [-0.05, 0) is 35.0 Å². The van der Waals surface area contributed by atoms with Crippen LogP contribution in [-0.2, 0) is 0 Å². The molecule has 0 unspecified atom stereocenters. The molecule has 0 aliphatic heterocycles. The summed E-state index contributed by atoms with van der Waals surface area (Å²) < 4.78 is 0. The van der Waals surface area contributed by atoms with Crippen LogP contribution in [0.1, 0.15) is 10.4 Å². The SMILES string of the molecule is O=C(Nc1ccc([N+](=O)[O-])c(Cl)c1)c1cc2ccccc2c2cccnc12. The van der Waals surface area contributed by atoms with Gasteiger partial charge in [0, 0.05) is 23.3 Å². The Balaban J connectivity index is 1.78. The molecule has 1 aromatic heterocycles. The highest BCUT2D eigenvalue weighted by atomic mass is 35.5. The minimum Gasteiger partial charge on any atom is -0.322 e. The first-order valence-electron chi connectivity index (χ1n) is 8.06. The number of nitro groups is 1. The van der Waals surface area contributed by atoms with Crippen LogP contribution in [0.25, 0.3) is 21.7 Å². The Morgan fingerprint density at radius 1 is 1.04 bits per heavy atom. The maximum atomic E-state index is 12.9. The van der Waals surface area contributed by atoms with Gasteiger partial charge in [-0.1, -0.05) is 41.9 Å². The molecule has 0 saturated carbocycles. The number of carbonyl (C=O) groups excluding carboxylic acids is 1. The number of nitro benzene ring substituents is 1. The van der Waals surface area contributed by atoms with Gasteiger partial charge in [-0.2, -0.15) is 0 Å². The van der Waals surface area contributed by atoms with E-state index in [0.29, 0.717) is 16.8 Å². The van der Waals surface area contributed by atoms with E-state index in [1.807, 2.05) is 36.4 Å². The smallest absolute Gasteiger partial charge is 0.288 e. The number of anilines is 1. The normalized spacial score (nSPS) is 10.9. The van der Waals surface area contributed by atoms with Crippen LogP contribution in [0.4, 0.5) is 11.4 Å². The lowest BCUT2D eigenvalue weighted by molar-refractivity contribution is -0.384. The number of halogens is 1. The van der Waals surface area contributed by atoms with Crippen molar-refractivity contribution in [2.45, 2.75) is 0 Å². The Kier molecular flexibility index (Phi) is 4.18. The summed E-state index contributed by atoms with van der Waals surface area (Å²) in [6.45, 7) is 0. The van der Waals surface area contributed by atoms with Crippen LogP contribution in [0.3, 0.4) is 0 Å². The quantitative estimate of drug-likeness (QED) is 0.302. The molecule has 1 heterocycles. The number of pyridine rings is 1. The van der Waals surface area contributed by atoms with E-state index < -0.39 is 4.92 Å². The van der Waals surface area contributed by atoms with Crippen molar-refractivity contribution in [3.05, 3.63) is 87.6 Å². The summed E-state index contributed by atoms with van der Waals surface area (Å²) in [5, 5.41) is 16.4. The number of hydrogen-bond donors (Lipinski definition) is 1. The standard InChI is InChI=1S/C20H12ClN3O3/c21-17-11-13(7-8-18(17)24(26)27)23-20(25)16-10-12-4-1-2-5-14(12)15-6-3-9-22-19(15)16/h1-11H,(H,23,25). The third-order valence-electron chi connectivity index (χ3n) is 4.26. The molecule has 0 atom stereocenters. The summed E-state index contributed by atoms with van der Waals surface area (Å²) in [5.41, 5.74) is 1.15. The lowest BCUT2D eigenvalue weighted by Crippen LogP contribution is -2.13. The number of rotatable bonds is 3. The van der Waals surface area contributed by atoms with Gasteiger partial charge in [-0.3, -0.25) is 19.9 Å². The molecule has 0 radical (unpaired) electrons. The van der Waals surface area contributed by atoms with Gasteiger partial charge >= 0.3 is 0 Å². The summed E-state index contributed by atoms with van der Waals surface area (Å²) in [5.74, 6) is -0.366. The van der Waals surface area contributed by atoms with Crippen LogP contribution in [0, 0.1) is 10.1 Å². The molecule has 0 saturated heterocycles. The second-order valence-electron chi connectivity index (χ2n) is 5.92. The molecule has 0 aliphatic carbocycles. The zero-order chi connectivity index (χ0) is 19.0. The maximum absolute atomic E-state index is 12.9. The van der Waals surface area contributed by atoms with Crippen LogP contribution < -0.4 is 5.32 Å². The second kappa shape index (κ2) is 6.66. The average Bonchev–Trinajstić information content (AvgIpc) is 2.67. The molecule has 4 rings (SSSR count). The summed E-state index contributed by atoms with van der Waals surface area (Å²) in [6, 6.07) is 17.3. The van der Waals surface area contributed by atoms with Gasteiger partial charge in [0.25, 0.3) is 11.6 Å². The largest absolute Gasteiger partial charge is 0.322 e. The minimum atomic E-state index is -0.575. The summed E-state index contributed by atoms with van der Waals surface area (Å²) in [4.78, 5) is 27.5. The zero-order valence-corrected chi connectivity index (χ0v) is 14.6. The van der Waals surface area contributed by atoms with E-state index in [4.69, 9.17) is 11.6 Å². The van der Waals surface area contributed by atoms with Crippen LogP contribution in [0.2, 0.25) is 5.02 Å². The van der Waals surface area contributed by atoms with Crippen LogP contribution in [0.15, 0.2) is 66.9 Å². The summed E-state index contributed by atoms with van der Waals surface area (Å²) >= 11 is 5.92. The van der Waals surface area contributed by atoms with Gasteiger partial charge in [0.1, 0.15) is 5.02 Å². The van der Waals surface area contributed by atoms with E-state index in [-0.39, 0.29) is 16.6 Å². The fourth-order valence-electron chi connectivity index (χ4n) is 3.03. The predicted molar refractivity (Wildman–Crippen MR) is 105 cm³/mol. The third kappa shape index (κ3) is 3.07. The zero-order valence-electron chi connectivity index (χ0n) is 13.8. The van der Waals surface area contributed by atoms with E-state index in [1.165, 1.54) is 18.2 Å². The topological polar surface area (TPSA) is 85.1 Å². The molecule has 7 heteroatoms. The highest BCUT2D eigenvalue weighted by Gasteiger charge is 2.16. The molecule has 0 aliphatic rings. The van der Waals surface area contributed by atoms with Crippen molar-refractivity contribution in [1.82, 2.24) is 4.98 Å². The summed E-state index contributed by atoms with van der Waals surface area (Å²) in [7, 11) is 0. The Morgan fingerprint density at radius 3 is 2.59 bits per heavy atom. The Bertz CT molecular complexity index is 1220. The van der Waals surface area contributed by atoms with Gasteiger partial charge in [0.05, 0.1) is 16.0 Å². The van der Waals surface area contributed by atoms with Crippen molar-refractivity contribution in [2.75, 3.05) is 5.32 Å². The number of benzene rings is 3. The number of hydrogen-bond acceptors (Lipinski definition) is 4. The monoisotopic (exact) mass is 377 g/mol. The predicted octanol–water partition coefficient (Wildman–Crippen LogP) is 5.20. The van der Waals surface area contributed by atoms with Crippen molar-refractivity contribution in [3.63, 3.8) is 0 Å². The van der Waals surface area contributed by atoms with Crippen molar-refractivity contribution >= 4 is 50.6 Å². The molecule has 4 aromatic rings. The van der Waals surface area contributed by atoms with Gasteiger partial charge < -0.3 is 5.32 Å². The van der Waals surface area contributed by atoms with Crippen LogP contribution in [0.5, 0.6) is 0 Å². The van der Waals surface area contributed by atoms with Crippen LogP contribution in [-0.4, -0.2) is 15.8 Å².